The largest absolute Gasteiger partial charge is 0.310 e. The third-order valence-electron chi connectivity index (χ3n) is 10.6. The summed E-state index contributed by atoms with van der Waals surface area (Å²) in [6.45, 7) is 0. The molecule has 0 spiro atoms. The zero-order valence-electron chi connectivity index (χ0n) is 29.7. The van der Waals surface area contributed by atoms with E-state index in [0.717, 1.165) is 17.1 Å². The van der Waals surface area contributed by atoms with Crippen LogP contribution in [0.4, 0.5) is 17.1 Å². The van der Waals surface area contributed by atoms with Crippen LogP contribution in [0.5, 0.6) is 0 Å². The zero-order valence-corrected chi connectivity index (χ0v) is 29.7. The van der Waals surface area contributed by atoms with E-state index in [9.17, 15) is 0 Å². The SMILES string of the molecule is c1ccc(-c2ccc(N(c3cccc(-c4ccccc4)c3)c3ccccc3-c3cccc4c3c3ccccc3n4-c3cccc4ccccc34)cc2)cc1. The van der Waals surface area contributed by atoms with Crippen molar-refractivity contribution in [3.05, 3.63) is 218 Å². The highest BCUT2D eigenvalue weighted by Crippen LogP contribution is 2.46. The Hall–Kier alpha value is -7.16. The van der Waals surface area contributed by atoms with Crippen LogP contribution >= 0.6 is 0 Å². The van der Waals surface area contributed by atoms with Gasteiger partial charge in [-0.15, -0.1) is 0 Å². The molecule has 10 aromatic rings. The van der Waals surface area contributed by atoms with Crippen LogP contribution in [0.2, 0.25) is 0 Å². The maximum absolute atomic E-state index is 2.45. The van der Waals surface area contributed by atoms with Gasteiger partial charge in [0.1, 0.15) is 0 Å². The van der Waals surface area contributed by atoms with E-state index < -0.39 is 0 Å². The topological polar surface area (TPSA) is 8.17 Å². The molecular formula is C52H36N2. The van der Waals surface area contributed by atoms with Crippen molar-refractivity contribution in [1.29, 1.82) is 0 Å². The van der Waals surface area contributed by atoms with Crippen LogP contribution in [-0.2, 0) is 0 Å². The fourth-order valence-electron chi connectivity index (χ4n) is 8.12. The molecule has 254 valence electrons. The molecule has 9 aromatic carbocycles. The summed E-state index contributed by atoms with van der Waals surface area (Å²) in [6.07, 6.45) is 0. The van der Waals surface area contributed by atoms with Crippen LogP contribution in [0.15, 0.2) is 218 Å². The van der Waals surface area contributed by atoms with Crippen LogP contribution in [0.1, 0.15) is 0 Å². The normalized spacial score (nSPS) is 11.3. The number of anilines is 3. The van der Waals surface area contributed by atoms with Gasteiger partial charge in [-0.2, -0.15) is 0 Å². The number of nitrogens with zero attached hydrogens (tertiary/aromatic N) is 2. The van der Waals surface area contributed by atoms with Crippen molar-refractivity contribution in [2.45, 2.75) is 0 Å². The van der Waals surface area contributed by atoms with E-state index in [1.54, 1.807) is 0 Å². The maximum Gasteiger partial charge on any atom is 0.0547 e. The summed E-state index contributed by atoms with van der Waals surface area (Å²) in [5.41, 5.74) is 14.0. The van der Waals surface area contributed by atoms with Crippen LogP contribution in [0.25, 0.3) is 71.6 Å². The fourth-order valence-corrected chi connectivity index (χ4v) is 8.12. The number of fused-ring (bicyclic) bond motifs is 4. The fraction of sp³-hybridized carbons (Fsp3) is 0. The molecule has 0 fully saturated rings. The third-order valence-corrected chi connectivity index (χ3v) is 10.6. The van der Waals surface area contributed by atoms with Gasteiger partial charge in [0.15, 0.2) is 0 Å². The van der Waals surface area contributed by atoms with Gasteiger partial charge in [-0.3, -0.25) is 0 Å². The van der Waals surface area contributed by atoms with E-state index in [2.05, 4.69) is 228 Å². The molecule has 2 nitrogen and oxygen atoms in total. The van der Waals surface area contributed by atoms with E-state index in [-0.39, 0.29) is 0 Å². The molecule has 0 radical (unpaired) electrons. The number of aromatic nitrogens is 1. The van der Waals surface area contributed by atoms with E-state index in [0.29, 0.717) is 0 Å². The van der Waals surface area contributed by atoms with Crippen LogP contribution in [0, 0.1) is 0 Å². The van der Waals surface area contributed by atoms with Crippen molar-refractivity contribution in [1.82, 2.24) is 4.57 Å². The lowest BCUT2D eigenvalue weighted by molar-refractivity contribution is 1.20. The van der Waals surface area contributed by atoms with Gasteiger partial charge in [0, 0.05) is 33.1 Å². The molecule has 0 aliphatic carbocycles. The summed E-state index contributed by atoms with van der Waals surface area (Å²) in [5.74, 6) is 0. The lowest BCUT2D eigenvalue weighted by Gasteiger charge is -2.28. The molecule has 0 amide bonds. The highest BCUT2D eigenvalue weighted by Gasteiger charge is 2.22. The van der Waals surface area contributed by atoms with Gasteiger partial charge in [0.25, 0.3) is 0 Å². The Morgan fingerprint density at radius 1 is 0.333 bits per heavy atom. The molecule has 0 saturated carbocycles. The maximum atomic E-state index is 2.45. The first-order chi connectivity index (χ1) is 26.8. The number of para-hydroxylation sites is 2. The molecule has 0 aliphatic heterocycles. The Kier molecular flexibility index (Phi) is 7.85. The summed E-state index contributed by atoms with van der Waals surface area (Å²) in [7, 11) is 0. The summed E-state index contributed by atoms with van der Waals surface area (Å²) < 4.78 is 2.45. The monoisotopic (exact) mass is 688 g/mol. The zero-order chi connectivity index (χ0) is 35.8. The summed E-state index contributed by atoms with van der Waals surface area (Å²) in [4.78, 5) is 2.42. The molecular weight excluding hydrogens is 653 g/mol. The molecule has 2 heteroatoms. The number of benzene rings is 9. The van der Waals surface area contributed by atoms with Gasteiger partial charge in [-0.05, 0) is 81.7 Å². The minimum Gasteiger partial charge on any atom is -0.310 e. The second-order valence-corrected chi connectivity index (χ2v) is 13.7. The quantitative estimate of drug-likeness (QED) is 0.162. The minimum atomic E-state index is 1.10. The van der Waals surface area contributed by atoms with E-state index >= 15 is 0 Å². The highest BCUT2D eigenvalue weighted by atomic mass is 15.1. The van der Waals surface area contributed by atoms with Crippen molar-refractivity contribution in [3.63, 3.8) is 0 Å². The molecule has 0 saturated heterocycles. The number of rotatable bonds is 7. The summed E-state index contributed by atoms with van der Waals surface area (Å²) >= 11 is 0. The second kappa shape index (κ2) is 13.4. The molecule has 0 N–H and O–H groups in total. The lowest BCUT2D eigenvalue weighted by atomic mass is 9.96. The average molecular weight is 689 g/mol. The Balaban J connectivity index is 1.21. The van der Waals surface area contributed by atoms with Crippen molar-refractivity contribution in [3.8, 4) is 39.1 Å². The van der Waals surface area contributed by atoms with Crippen molar-refractivity contribution in [2.24, 2.45) is 0 Å². The van der Waals surface area contributed by atoms with Crippen molar-refractivity contribution < 1.29 is 0 Å². The number of hydrogen-bond acceptors (Lipinski definition) is 1. The summed E-state index contributed by atoms with van der Waals surface area (Å²) in [6, 6.07) is 78.9. The molecule has 0 bridgehead atoms. The predicted molar refractivity (Wildman–Crippen MR) is 229 cm³/mol. The Labute approximate surface area is 315 Å². The first-order valence-electron chi connectivity index (χ1n) is 18.5. The Morgan fingerprint density at radius 2 is 0.889 bits per heavy atom. The minimum absolute atomic E-state index is 1.10. The lowest BCUT2D eigenvalue weighted by Crippen LogP contribution is -2.11. The number of hydrogen-bond donors (Lipinski definition) is 0. The van der Waals surface area contributed by atoms with Gasteiger partial charge >= 0.3 is 0 Å². The van der Waals surface area contributed by atoms with Crippen LogP contribution in [-0.4, -0.2) is 4.57 Å². The molecule has 0 unspecified atom stereocenters. The van der Waals surface area contributed by atoms with Crippen molar-refractivity contribution in [2.75, 3.05) is 4.90 Å². The van der Waals surface area contributed by atoms with Gasteiger partial charge in [0.05, 0.1) is 22.4 Å². The third kappa shape index (κ3) is 5.44. The first kappa shape index (κ1) is 31.6. The second-order valence-electron chi connectivity index (χ2n) is 13.7. The van der Waals surface area contributed by atoms with Crippen LogP contribution < -0.4 is 4.90 Å². The average Bonchev–Trinajstić information content (AvgIpc) is 3.59. The standard InChI is InChI=1S/C52H36N2/c1-3-16-37(17-4-1)39-32-34-42(35-33-39)53(43-23-13-22-41(36-43)38-18-5-2-6-19-38)49-28-11-9-25-45(49)46-27-15-31-51-52(46)47-26-10-12-29-50(47)54(51)48-30-14-21-40-20-7-8-24-44(40)48/h1-36H. The molecule has 1 heterocycles. The van der Waals surface area contributed by atoms with Gasteiger partial charge in [-0.1, -0.05) is 170 Å². The van der Waals surface area contributed by atoms with Gasteiger partial charge in [-0.25, -0.2) is 0 Å². The van der Waals surface area contributed by atoms with Gasteiger partial charge < -0.3 is 9.47 Å². The van der Waals surface area contributed by atoms with Crippen LogP contribution in [0.3, 0.4) is 0 Å². The van der Waals surface area contributed by atoms with Gasteiger partial charge in [0.2, 0.25) is 0 Å². The van der Waals surface area contributed by atoms with Crippen molar-refractivity contribution >= 4 is 49.6 Å². The van der Waals surface area contributed by atoms with E-state index in [1.165, 1.54) is 71.6 Å². The molecule has 0 atom stereocenters. The molecule has 1 aromatic heterocycles. The molecule has 54 heavy (non-hydrogen) atoms. The predicted octanol–water partition coefficient (Wildman–Crippen LogP) is 14.4. The highest BCUT2D eigenvalue weighted by molar-refractivity contribution is 6.17. The molecule has 0 aliphatic rings. The van der Waals surface area contributed by atoms with E-state index in [4.69, 9.17) is 0 Å². The molecule has 10 rings (SSSR count). The first-order valence-corrected chi connectivity index (χ1v) is 18.5. The summed E-state index contributed by atoms with van der Waals surface area (Å²) in [5, 5.41) is 4.94. The smallest absolute Gasteiger partial charge is 0.0547 e. The van der Waals surface area contributed by atoms with E-state index in [1.807, 2.05) is 0 Å². The Bertz CT molecular complexity index is 2920. The Morgan fingerprint density at radius 3 is 1.70 bits per heavy atom.